The number of aliphatic hydroxyl groups is 1. The van der Waals surface area contributed by atoms with E-state index < -0.39 is 24.9 Å². The van der Waals surface area contributed by atoms with Crippen LogP contribution >= 0.6 is 23.5 Å². The quantitative estimate of drug-likeness (QED) is 0.726. The van der Waals surface area contributed by atoms with Crippen molar-refractivity contribution in [1.29, 1.82) is 0 Å². The summed E-state index contributed by atoms with van der Waals surface area (Å²) in [6.07, 6.45) is -0.343. The average molecular weight is 435 g/mol. The molecule has 1 N–H and O–H groups in total. The molecule has 0 saturated heterocycles. The van der Waals surface area contributed by atoms with Gasteiger partial charge in [0.05, 0.1) is 6.10 Å². The normalized spacial score (nSPS) is 14.1. The van der Waals surface area contributed by atoms with Crippen molar-refractivity contribution in [3.8, 4) is 0 Å². The molecule has 0 aliphatic carbocycles. The lowest BCUT2D eigenvalue weighted by molar-refractivity contribution is -0.335. The van der Waals surface area contributed by atoms with Crippen LogP contribution in [0, 0.1) is 0 Å². The van der Waals surface area contributed by atoms with Gasteiger partial charge in [0.15, 0.2) is 0 Å². The number of hydrogen-bond acceptors (Lipinski definition) is 4. The number of hydrogen-bond donors (Lipinski definition) is 1. The number of aliphatic hydroxyl groups excluding tert-OH is 1. The van der Waals surface area contributed by atoms with Crippen molar-refractivity contribution in [2.24, 2.45) is 0 Å². The van der Waals surface area contributed by atoms with Gasteiger partial charge in [0, 0.05) is 17.6 Å². The molecule has 8 heteroatoms. The zero-order valence-corrected chi connectivity index (χ0v) is 16.5. The summed E-state index contributed by atoms with van der Waals surface area (Å²) in [6, 6.07) is 4.99. The first-order valence-electron chi connectivity index (χ1n) is 7.82. The summed E-state index contributed by atoms with van der Waals surface area (Å²) >= 11 is 3.10. The van der Waals surface area contributed by atoms with Crippen LogP contribution in [0.3, 0.4) is 0 Å². The molecule has 25 heavy (non-hydrogen) atoms. The van der Waals surface area contributed by atoms with E-state index in [2.05, 4.69) is 15.9 Å². The highest BCUT2D eigenvalue weighted by Gasteiger charge is 2.41. The number of benzene rings is 2. The number of rotatable bonds is 5. The lowest BCUT2D eigenvalue weighted by Crippen LogP contribution is -2.31. The molecule has 0 radical (unpaired) electrons. The van der Waals surface area contributed by atoms with Crippen molar-refractivity contribution in [3.05, 3.63) is 44.9 Å². The number of halogens is 3. The zero-order valence-electron chi connectivity index (χ0n) is 14.0. The summed E-state index contributed by atoms with van der Waals surface area (Å²) in [5.74, 6) is 0. The molecule has 0 aliphatic heterocycles. The molecule has 2 rings (SSSR count). The van der Waals surface area contributed by atoms with Crippen molar-refractivity contribution in [2.45, 2.75) is 45.4 Å². The van der Waals surface area contributed by atoms with Crippen LogP contribution in [0.2, 0.25) is 0 Å². The van der Waals surface area contributed by atoms with E-state index in [-0.39, 0.29) is 16.5 Å². The van der Waals surface area contributed by atoms with Crippen LogP contribution < -0.4 is 9.79 Å². The molecule has 2 aromatic carbocycles. The van der Waals surface area contributed by atoms with E-state index in [0.29, 0.717) is 28.3 Å². The SMILES string of the molecule is CCc1c(Br)c(C(F)(F)P(=O)([O-])[O-])c(CC)c2cc(C(C)O)ccc12. The summed E-state index contributed by atoms with van der Waals surface area (Å²) in [7, 11) is -6.21. The molecular formula is C17H18BrF2O4P-2. The molecule has 2 aromatic rings. The number of fused-ring (bicyclic) bond motifs is 1. The number of alkyl halides is 2. The molecule has 138 valence electrons. The van der Waals surface area contributed by atoms with E-state index >= 15 is 0 Å². The average Bonchev–Trinajstić information content (AvgIpc) is 2.51. The fraction of sp³-hybridized carbons (Fsp3) is 0.412. The second kappa shape index (κ2) is 7.05. The maximum absolute atomic E-state index is 14.5. The van der Waals surface area contributed by atoms with Crippen LogP contribution in [-0.4, -0.2) is 5.11 Å². The molecule has 0 bridgehead atoms. The standard InChI is InChI=1S/C17H20BrF2O4P/c1-4-11-14-8-10(9(3)21)6-7-13(14)12(5-2)16(18)15(11)17(19,20)25(22,23)24/h6-9,21H,4-5H2,1-3H3,(H2,22,23,24)/p-2. The lowest BCUT2D eigenvalue weighted by Gasteiger charge is -2.39. The molecular weight excluding hydrogens is 417 g/mol. The van der Waals surface area contributed by atoms with Gasteiger partial charge in [-0.05, 0) is 69.2 Å². The highest BCUT2D eigenvalue weighted by atomic mass is 79.9. The van der Waals surface area contributed by atoms with Gasteiger partial charge in [0.25, 0.3) is 5.66 Å². The monoisotopic (exact) mass is 434 g/mol. The molecule has 1 atom stereocenters. The second-order valence-electron chi connectivity index (χ2n) is 5.87. The Balaban J connectivity index is 3.04. The lowest BCUT2D eigenvalue weighted by atomic mass is 9.90. The van der Waals surface area contributed by atoms with E-state index in [9.17, 15) is 28.2 Å². The zero-order chi connectivity index (χ0) is 19.2. The van der Waals surface area contributed by atoms with Crippen LogP contribution in [0.5, 0.6) is 0 Å². The molecule has 0 amide bonds. The molecule has 0 spiro atoms. The van der Waals surface area contributed by atoms with Crippen molar-refractivity contribution in [3.63, 3.8) is 0 Å². The molecule has 0 aliphatic rings. The van der Waals surface area contributed by atoms with Gasteiger partial charge in [-0.15, -0.1) is 0 Å². The Kier molecular flexibility index (Phi) is 5.77. The predicted molar refractivity (Wildman–Crippen MR) is 92.5 cm³/mol. The Hall–Kier alpha value is -0.850. The highest BCUT2D eigenvalue weighted by molar-refractivity contribution is 9.10. The Labute approximate surface area is 153 Å². The van der Waals surface area contributed by atoms with Gasteiger partial charge in [-0.3, -0.25) is 0 Å². The summed E-state index contributed by atoms with van der Waals surface area (Å²) in [5, 5.41) is 10.9. The first-order chi connectivity index (χ1) is 11.5. The molecule has 1 unspecified atom stereocenters. The Morgan fingerprint density at radius 3 is 2.20 bits per heavy atom. The van der Waals surface area contributed by atoms with Gasteiger partial charge in [-0.2, -0.15) is 8.78 Å². The van der Waals surface area contributed by atoms with Gasteiger partial charge >= 0.3 is 0 Å². The van der Waals surface area contributed by atoms with Crippen molar-refractivity contribution in [2.75, 3.05) is 0 Å². The molecule has 0 aromatic heterocycles. The largest absolute Gasteiger partial charge is 0.806 e. The minimum absolute atomic E-state index is 0.0546. The van der Waals surface area contributed by atoms with Gasteiger partial charge in [-0.25, -0.2) is 0 Å². The third-order valence-corrected chi connectivity index (χ3v) is 6.10. The summed E-state index contributed by atoms with van der Waals surface area (Å²) in [5.41, 5.74) is -4.23. The van der Waals surface area contributed by atoms with Crippen molar-refractivity contribution >= 4 is 34.3 Å². The summed E-state index contributed by atoms with van der Waals surface area (Å²) in [6.45, 7) is 4.91. The fourth-order valence-electron chi connectivity index (χ4n) is 3.03. The Morgan fingerprint density at radius 2 is 1.76 bits per heavy atom. The van der Waals surface area contributed by atoms with Crippen LogP contribution in [0.1, 0.15) is 49.1 Å². The van der Waals surface area contributed by atoms with Gasteiger partial charge in [0.2, 0.25) is 0 Å². The molecule has 4 nitrogen and oxygen atoms in total. The van der Waals surface area contributed by atoms with E-state index in [1.54, 1.807) is 39.0 Å². The first-order valence-corrected chi connectivity index (χ1v) is 10.2. The first kappa shape index (κ1) is 20.5. The molecule has 0 fully saturated rings. The van der Waals surface area contributed by atoms with Crippen LogP contribution in [-0.2, 0) is 23.1 Å². The Morgan fingerprint density at radius 1 is 1.20 bits per heavy atom. The smallest absolute Gasteiger partial charge is 0.298 e. The van der Waals surface area contributed by atoms with E-state index in [0.717, 1.165) is 0 Å². The van der Waals surface area contributed by atoms with Gasteiger partial charge in [0.1, 0.15) is 0 Å². The van der Waals surface area contributed by atoms with Crippen LogP contribution in [0.15, 0.2) is 22.7 Å². The minimum atomic E-state index is -6.21. The maximum Gasteiger partial charge on any atom is 0.298 e. The molecule has 0 saturated carbocycles. The second-order valence-corrected chi connectivity index (χ2v) is 8.22. The third-order valence-electron chi connectivity index (χ3n) is 4.31. The number of aryl methyl sites for hydroxylation is 2. The Bertz CT molecular complexity index is 862. The van der Waals surface area contributed by atoms with E-state index in [1.165, 1.54) is 0 Å². The topological polar surface area (TPSA) is 83.4 Å². The summed E-state index contributed by atoms with van der Waals surface area (Å²) < 4.78 is 40.2. The van der Waals surface area contributed by atoms with E-state index in [1.807, 2.05) is 0 Å². The van der Waals surface area contributed by atoms with E-state index in [4.69, 9.17) is 0 Å². The van der Waals surface area contributed by atoms with Crippen molar-refractivity contribution in [1.82, 2.24) is 0 Å². The van der Waals surface area contributed by atoms with Gasteiger partial charge in [-0.1, -0.05) is 26.0 Å². The van der Waals surface area contributed by atoms with Crippen LogP contribution in [0.25, 0.3) is 10.8 Å². The minimum Gasteiger partial charge on any atom is -0.806 e. The fourth-order valence-corrected chi connectivity index (χ4v) is 4.69. The van der Waals surface area contributed by atoms with Crippen molar-refractivity contribution < 1.29 is 28.2 Å². The maximum atomic E-state index is 14.5. The highest BCUT2D eigenvalue weighted by Crippen LogP contribution is 2.57. The third kappa shape index (κ3) is 3.40. The predicted octanol–water partition coefficient (Wildman–Crippen LogP) is 3.74. The van der Waals surface area contributed by atoms with Gasteiger partial charge < -0.3 is 19.5 Å². The van der Waals surface area contributed by atoms with Crippen LogP contribution in [0.4, 0.5) is 8.78 Å². The molecule has 0 heterocycles. The summed E-state index contributed by atoms with van der Waals surface area (Å²) in [4.78, 5) is 22.5.